The molecule has 3 aliphatic rings. The van der Waals surface area contributed by atoms with E-state index in [0.717, 1.165) is 0 Å². The molecule has 0 radical (unpaired) electrons. The molecular formula is C18H37N5O10. The molecule has 0 aromatic heterocycles. The lowest BCUT2D eigenvalue weighted by Gasteiger charge is -2.48. The summed E-state index contributed by atoms with van der Waals surface area (Å²) in [7, 11) is 0. The highest BCUT2D eigenvalue weighted by Crippen LogP contribution is 2.31. The van der Waals surface area contributed by atoms with Gasteiger partial charge in [0.05, 0.1) is 12.1 Å². The van der Waals surface area contributed by atoms with Crippen LogP contribution in [-0.4, -0.2) is 135 Å². The van der Waals surface area contributed by atoms with Gasteiger partial charge in [-0.1, -0.05) is 0 Å². The molecule has 2 saturated heterocycles. The summed E-state index contributed by atoms with van der Waals surface area (Å²) in [6.07, 6.45) is -15.9. The van der Waals surface area contributed by atoms with Crippen LogP contribution in [0.15, 0.2) is 0 Å². The average Bonchev–Trinajstić information content (AvgIpc) is 2.79. The number of rotatable bonds is 6. The molecule has 15 heteroatoms. The lowest BCUT2D eigenvalue weighted by Crippen LogP contribution is -2.69. The Kier molecular flexibility index (Phi) is 8.99. The van der Waals surface area contributed by atoms with E-state index in [0.29, 0.717) is 0 Å². The van der Waals surface area contributed by atoms with Gasteiger partial charge in [0, 0.05) is 25.2 Å². The largest absolute Gasteiger partial charge is 0.389 e. The van der Waals surface area contributed by atoms with Crippen LogP contribution in [0, 0.1) is 0 Å². The van der Waals surface area contributed by atoms with Crippen molar-refractivity contribution in [3.63, 3.8) is 0 Å². The van der Waals surface area contributed by atoms with Crippen molar-refractivity contribution >= 4 is 0 Å². The number of hydrogen-bond donors (Lipinski definition) is 11. The standard InChI is InChI=1S/C18H37N5O10/c19-2-6-10(25)12(27)8(23)17(30-6)32-15-5(22)1-4(21)9(24)16(15)33-18-14(29)13(28)11(26)7(3-20)31-18/h4-18,24-29H,1-3,19-23H2/t4-,5+,6-,7-,8-,9+,10-,11-,12-,13+,14-,15-,16-,17-,18+/m1/s1. The Hall–Kier alpha value is -0.600. The molecule has 0 aromatic rings. The summed E-state index contributed by atoms with van der Waals surface area (Å²) in [6, 6.07) is -2.80. The molecule has 0 spiro atoms. The van der Waals surface area contributed by atoms with E-state index in [9.17, 15) is 30.6 Å². The van der Waals surface area contributed by atoms with Gasteiger partial charge in [-0.25, -0.2) is 0 Å². The minimum atomic E-state index is -1.68. The maximum atomic E-state index is 10.7. The topological polar surface area (TPSA) is 288 Å². The smallest absolute Gasteiger partial charge is 0.187 e. The number of aliphatic hydroxyl groups is 6. The maximum absolute atomic E-state index is 10.7. The lowest BCUT2D eigenvalue weighted by atomic mass is 9.84. The summed E-state index contributed by atoms with van der Waals surface area (Å²) in [6.45, 7) is -0.305. The lowest BCUT2D eigenvalue weighted by molar-refractivity contribution is -0.338. The minimum Gasteiger partial charge on any atom is -0.389 e. The van der Waals surface area contributed by atoms with Crippen molar-refractivity contribution in [3.05, 3.63) is 0 Å². The fraction of sp³-hybridized carbons (Fsp3) is 1.00. The fourth-order valence-corrected chi connectivity index (χ4v) is 4.41. The maximum Gasteiger partial charge on any atom is 0.187 e. The molecule has 15 nitrogen and oxygen atoms in total. The van der Waals surface area contributed by atoms with Gasteiger partial charge in [-0.2, -0.15) is 0 Å². The number of ether oxygens (including phenoxy) is 4. The zero-order chi connectivity index (χ0) is 24.6. The van der Waals surface area contributed by atoms with Crippen molar-refractivity contribution in [3.8, 4) is 0 Å². The quantitative estimate of drug-likeness (QED) is 0.167. The van der Waals surface area contributed by atoms with Gasteiger partial charge in [-0.3, -0.25) is 0 Å². The first-order valence-electron chi connectivity index (χ1n) is 10.9. The third-order valence-corrected chi connectivity index (χ3v) is 6.53. The van der Waals surface area contributed by atoms with Crippen LogP contribution in [-0.2, 0) is 18.9 Å². The van der Waals surface area contributed by atoms with Crippen molar-refractivity contribution < 1.29 is 49.6 Å². The predicted molar refractivity (Wildman–Crippen MR) is 110 cm³/mol. The van der Waals surface area contributed by atoms with E-state index in [2.05, 4.69) is 0 Å². The van der Waals surface area contributed by atoms with Gasteiger partial charge in [0.1, 0.15) is 54.9 Å². The summed E-state index contributed by atoms with van der Waals surface area (Å²) in [5, 5.41) is 61.5. The van der Waals surface area contributed by atoms with Crippen LogP contribution in [0.4, 0.5) is 0 Å². The third-order valence-electron chi connectivity index (χ3n) is 6.53. The molecule has 194 valence electrons. The Morgan fingerprint density at radius 2 is 1.12 bits per heavy atom. The van der Waals surface area contributed by atoms with Crippen molar-refractivity contribution in [1.29, 1.82) is 0 Å². The molecule has 1 saturated carbocycles. The molecule has 0 bridgehead atoms. The molecule has 15 atom stereocenters. The average molecular weight is 484 g/mol. The van der Waals surface area contributed by atoms with Crippen LogP contribution in [0.1, 0.15) is 6.42 Å². The first kappa shape index (κ1) is 27.0. The van der Waals surface area contributed by atoms with Crippen LogP contribution in [0.2, 0.25) is 0 Å². The predicted octanol–water partition coefficient (Wildman–Crippen LogP) is -7.33. The summed E-state index contributed by atoms with van der Waals surface area (Å²) >= 11 is 0. The Labute approximate surface area is 190 Å². The Morgan fingerprint density at radius 3 is 1.70 bits per heavy atom. The molecule has 0 amide bonds. The third kappa shape index (κ3) is 5.32. The van der Waals surface area contributed by atoms with Crippen LogP contribution in [0.3, 0.4) is 0 Å². The summed E-state index contributed by atoms with van der Waals surface area (Å²) in [5.41, 5.74) is 29.3. The van der Waals surface area contributed by atoms with Gasteiger partial charge in [0.25, 0.3) is 0 Å². The highest BCUT2D eigenvalue weighted by Gasteiger charge is 2.51. The minimum absolute atomic E-state index is 0.125. The van der Waals surface area contributed by atoms with Crippen molar-refractivity contribution in [2.75, 3.05) is 13.1 Å². The summed E-state index contributed by atoms with van der Waals surface area (Å²) < 4.78 is 22.7. The van der Waals surface area contributed by atoms with Gasteiger partial charge in [-0.15, -0.1) is 0 Å². The molecule has 0 aromatic carbocycles. The molecule has 2 aliphatic heterocycles. The molecule has 3 fully saturated rings. The summed E-state index contributed by atoms with van der Waals surface area (Å²) in [4.78, 5) is 0. The van der Waals surface area contributed by atoms with E-state index in [-0.39, 0.29) is 19.5 Å². The highest BCUT2D eigenvalue weighted by molar-refractivity contribution is 5.01. The van der Waals surface area contributed by atoms with E-state index in [4.69, 9.17) is 47.6 Å². The van der Waals surface area contributed by atoms with Gasteiger partial charge >= 0.3 is 0 Å². The number of hydrogen-bond acceptors (Lipinski definition) is 15. The van der Waals surface area contributed by atoms with Gasteiger partial charge in [0.2, 0.25) is 0 Å². The highest BCUT2D eigenvalue weighted by atomic mass is 16.7. The second-order valence-corrected chi connectivity index (χ2v) is 8.84. The Morgan fingerprint density at radius 1 is 0.606 bits per heavy atom. The molecular weight excluding hydrogens is 446 g/mol. The van der Waals surface area contributed by atoms with E-state index in [1.165, 1.54) is 0 Å². The van der Waals surface area contributed by atoms with E-state index >= 15 is 0 Å². The second kappa shape index (κ2) is 11.0. The SMILES string of the molecule is NC[C@H]1O[C@@H](O[C@@H]2[C@@H](O)[C@H](N)C[C@H](N)[C@H]2O[C@H]2O[C@H](CN)[C@@H](O)[C@H](O)[C@H]2N)[C@H](O)[C@@H](O)[C@@H]1O. The fourth-order valence-electron chi connectivity index (χ4n) is 4.41. The van der Waals surface area contributed by atoms with Crippen molar-refractivity contribution in [2.45, 2.75) is 98.2 Å². The first-order chi connectivity index (χ1) is 15.5. The van der Waals surface area contributed by atoms with E-state index in [1.54, 1.807) is 0 Å². The normalized spacial score (nSPS) is 53.7. The number of aliphatic hydroxyl groups excluding tert-OH is 6. The monoisotopic (exact) mass is 483 g/mol. The van der Waals surface area contributed by atoms with Crippen LogP contribution in [0.5, 0.6) is 0 Å². The van der Waals surface area contributed by atoms with Crippen LogP contribution < -0.4 is 28.7 Å². The van der Waals surface area contributed by atoms with Crippen LogP contribution in [0.25, 0.3) is 0 Å². The van der Waals surface area contributed by atoms with E-state index < -0.39 is 91.7 Å². The van der Waals surface area contributed by atoms with Gasteiger partial charge in [0.15, 0.2) is 12.6 Å². The zero-order valence-electron chi connectivity index (χ0n) is 18.0. The first-order valence-corrected chi connectivity index (χ1v) is 10.9. The zero-order valence-corrected chi connectivity index (χ0v) is 18.0. The second-order valence-electron chi connectivity index (χ2n) is 8.84. The van der Waals surface area contributed by atoms with Crippen molar-refractivity contribution in [2.24, 2.45) is 28.7 Å². The Bertz CT molecular complexity index is 635. The van der Waals surface area contributed by atoms with Gasteiger partial charge in [-0.05, 0) is 6.42 Å². The van der Waals surface area contributed by atoms with E-state index in [1.807, 2.05) is 0 Å². The number of nitrogens with two attached hydrogens (primary N) is 5. The molecule has 0 unspecified atom stereocenters. The molecule has 2 heterocycles. The molecule has 3 rings (SSSR count). The summed E-state index contributed by atoms with van der Waals surface area (Å²) in [5.74, 6) is 0. The Balaban J connectivity index is 1.80. The molecule has 1 aliphatic carbocycles. The van der Waals surface area contributed by atoms with Crippen molar-refractivity contribution in [1.82, 2.24) is 0 Å². The van der Waals surface area contributed by atoms with Crippen LogP contribution >= 0.6 is 0 Å². The molecule has 16 N–H and O–H groups in total. The van der Waals surface area contributed by atoms with Gasteiger partial charge < -0.3 is 78.3 Å². The molecule has 33 heavy (non-hydrogen) atoms.